The number of nitrogens with one attached hydrogen (secondary N) is 3. The van der Waals surface area contributed by atoms with E-state index in [-0.39, 0.29) is 116 Å². The van der Waals surface area contributed by atoms with Crippen molar-refractivity contribution in [3.63, 3.8) is 0 Å². The van der Waals surface area contributed by atoms with E-state index in [2.05, 4.69) is 50.8 Å². The van der Waals surface area contributed by atoms with Crippen molar-refractivity contribution in [1.82, 2.24) is 54.6 Å². The number of aliphatic imine (C=N–C) groups is 1. The van der Waals surface area contributed by atoms with Crippen molar-refractivity contribution >= 4 is 165 Å². The third-order valence-corrected chi connectivity index (χ3v) is 16.2. The molecule has 0 aromatic carbocycles. The number of hydrogen-bond donors (Lipinski definition) is 6. The molecule has 8 N–H and O–H groups in total. The van der Waals surface area contributed by atoms with Gasteiger partial charge in [-0.1, -0.05) is 33.8 Å². The molecule has 30 nitrogen and oxygen atoms in total. The van der Waals surface area contributed by atoms with Crippen LogP contribution in [0.5, 0.6) is 0 Å². The van der Waals surface area contributed by atoms with Crippen LogP contribution in [0.2, 0.25) is 0 Å². The van der Waals surface area contributed by atoms with E-state index < -0.39 is 80.6 Å². The van der Waals surface area contributed by atoms with E-state index in [4.69, 9.17) is 21.1 Å². The number of aryl methyl sites for hydroxylation is 2. The number of carboxylic acid groups (broad SMARTS) is 2. The third-order valence-electron chi connectivity index (χ3n) is 9.96. The van der Waals surface area contributed by atoms with Crippen molar-refractivity contribution in [2.75, 3.05) is 48.7 Å². The molecule has 0 radical (unpaired) electrons. The first-order valence-electron chi connectivity index (χ1n) is 19.8. The first-order valence-corrected chi connectivity index (χ1v) is 25.7. The number of oxime groups is 2. The number of carbonyl (C=O) groups is 5. The zero-order valence-corrected chi connectivity index (χ0v) is 44.9. The minimum Gasteiger partial charge on any atom is -0.857 e. The molecule has 4 aromatic heterocycles. The molecule has 4 aromatic rings. The van der Waals surface area contributed by atoms with E-state index in [9.17, 15) is 58.5 Å². The van der Waals surface area contributed by atoms with Crippen molar-refractivity contribution in [3.05, 3.63) is 86.1 Å². The van der Waals surface area contributed by atoms with Gasteiger partial charge in [0.25, 0.3) is 17.7 Å². The summed E-state index contributed by atoms with van der Waals surface area (Å²) in [7, 11) is 5.44. The maximum absolute atomic E-state index is 12.9. The maximum Gasteiger partial charge on any atom is 2.00 e. The van der Waals surface area contributed by atoms with Crippen molar-refractivity contribution in [3.8, 4) is 0 Å². The number of thiazole rings is 2. The summed E-state index contributed by atoms with van der Waals surface area (Å²) in [6.45, 7) is 0. The number of aromatic nitrogens is 8. The fourth-order valence-electron chi connectivity index (χ4n) is 6.80. The van der Waals surface area contributed by atoms with Crippen LogP contribution >= 0.6 is 69.7 Å². The SMILES string of the molecule is CO/N=C(/C(=O)N[C@@H]1C(=O)N2C(C(=O)O)=C(CSc3nc(=O)c(=O)[nH]n3C)CS[C@H]12)c1csc(N)n1.CO/N=C(/C([O-])=N[C@@H]1C(=O)N2C(C(=O)[O-])=C(CSc3nc(=O)c(=O)[nH]n3C)CS[C@H]12)c1csc(N)n1.[Ca+2]. The summed E-state index contributed by atoms with van der Waals surface area (Å²) in [5, 5.41) is 51.3. The zero-order chi connectivity index (χ0) is 52.3. The summed E-state index contributed by atoms with van der Waals surface area (Å²) in [5.74, 6) is -5.21. The number of nitrogen functional groups attached to an aromatic ring is 2. The predicted molar refractivity (Wildman–Crippen MR) is 264 cm³/mol. The van der Waals surface area contributed by atoms with E-state index in [1.54, 1.807) is 0 Å². The number of thioether (sulfide) groups is 4. The molecule has 0 saturated carbocycles. The summed E-state index contributed by atoms with van der Waals surface area (Å²) < 4.78 is 2.49. The largest absolute Gasteiger partial charge is 2.00 e. The molecule has 73 heavy (non-hydrogen) atoms. The van der Waals surface area contributed by atoms with Crippen LogP contribution < -0.4 is 49.2 Å². The second kappa shape index (κ2) is 23.9. The number of anilines is 2. The first kappa shape index (κ1) is 56.3. The molecule has 0 spiro atoms. The Morgan fingerprint density at radius 1 is 0.781 bits per heavy atom. The van der Waals surface area contributed by atoms with E-state index in [0.717, 1.165) is 56.0 Å². The van der Waals surface area contributed by atoms with Gasteiger partial charge in [0.15, 0.2) is 32.3 Å². The van der Waals surface area contributed by atoms with Crippen LogP contribution in [-0.2, 0) is 47.7 Å². The van der Waals surface area contributed by atoms with E-state index in [1.165, 1.54) is 72.0 Å². The number of carbonyl (C=O) groups excluding carboxylic acids is 4. The summed E-state index contributed by atoms with van der Waals surface area (Å²) in [4.78, 5) is 139. The number of aromatic amines is 2. The van der Waals surface area contributed by atoms with Crippen LogP contribution in [0.15, 0.2) is 78.1 Å². The molecule has 0 aliphatic carbocycles. The molecule has 2 fully saturated rings. The Bertz CT molecular complexity index is 3310. The van der Waals surface area contributed by atoms with Crippen LogP contribution in [0.4, 0.5) is 10.3 Å². The Morgan fingerprint density at radius 2 is 1.26 bits per heavy atom. The molecule has 4 aliphatic heterocycles. The van der Waals surface area contributed by atoms with Crippen LogP contribution in [0.1, 0.15) is 11.4 Å². The molecular weight excluding hydrogens is 1110 g/mol. The van der Waals surface area contributed by atoms with Crippen molar-refractivity contribution in [1.29, 1.82) is 0 Å². The number of hydrogen-bond acceptors (Lipinski definition) is 28. The Labute approximate surface area is 461 Å². The summed E-state index contributed by atoms with van der Waals surface area (Å²) >= 11 is 6.70. The number of nitrogens with two attached hydrogens (primary N) is 2. The van der Waals surface area contributed by atoms with Crippen LogP contribution in [-0.4, -0.2) is 199 Å². The molecule has 37 heteroatoms. The standard InChI is InChI=1S/2C18H18N8O7S3.Ca/c2*1-25-18(22-12(28)13(29)23-25)36-4-6-3-34-15-9(14(30)26(15)10(6)16(31)32)21-11(27)8(24-33-2)7-5-35-17(19)20-7;/h2*5,9,15H,3-4H2,1-2H3,(H2,19,20)(H,21,27)(H,23,29)(H,31,32);/q;;+2/p-2/b2*24-8+;/t2*9-,15-;/m11./s1. The Hall–Kier alpha value is -6.02. The molecular formula is C36H34CaN16O14S6. The zero-order valence-electron chi connectivity index (χ0n) is 37.8. The minimum atomic E-state index is -1.57. The van der Waals surface area contributed by atoms with Gasteiger partial charge >= 0.3 is 65.9 Å². The van der Waals surface area contributed by atoms with Gasteiger partial charge in [0.2, 0.25) is 0 Å². The predicted octanol–water partition coefficient (Wildman–Crippen LogP) is -5.30. The van der Waals surface area contributed by atoms with Crippen LogP contribution in [0.3, 0.4) is 0 Å². The molecule has 8 heterocycles. The molecule has 3 amide bonds. The second-order valence-electron chi connectivity index (χ2n) is 14.5. The van der Waals surface area contributed by atoms with Gasteiger partial charge in [-0.15, -0.1) is 46.2 Å². The first-order chi connectivity index (χ1) is 34.2. The van der Waals surface area contributed by atoms with Gasteiger partial charge in [-0.2, -0.15) is 9.97 Å². The number of carboxylic acids is 2. The van der Waals surface area contributed by atoms with Gasteiger partial charge in [-0.25, -0.2) is 14.8 Å². The van der Waals surface area contributed by atoms with Gasteiger partial charge in [0, 0.05) is 53.8 Å². The van der Waals surface area contributed by atoms with Crippen molar-refractivity contribution in [2.24, 2.45) is 29.4 Å². The molecule has 2 saturated heterocycles. The molecule has 0 bridgehead atoms. The number of rotatable bonds is 16. The normalized spacial score (nSPS) is 19.6. The number of aliphatic carboxylic acids is 2. The van der Waals surface area contributed by atoms with Gasteiger partial charge in [-0.05, 0) is 11.1 Å². The average molecular weight is 1150 g/mol. The molecule has 4 atom stereocenters. The van der Waals surface area contributed by atoms with Crippen molar-refractivity contribution < 1.29 is 49.0 Å². The Kier molecular flexibility index (Phi) is 18.4. The topological polar surface area (TPSA) is 439 Å². The number of H-pyrrole nitrogens is 2. The third kappa shape index (κ3) is 12.0. The summed E-state index contributed by atoms with van der Waals surface area (Å²) in [5.41, 5.74) is 7.63. The minimum absolute atomic E-state index is 0. The molecule has 4 aliphatic rings. The van der Waals surface area contributed by atoms with E-state index in [1.807, 2.05) is 0 Å². The number of fused-ring (bicyclic) bond motifs is 2. The van der Waals surface area contributed by atoms with Gasteiger partial charge in [-0.3, -0.25) is 67.9 Å². The number of β-lactam (4-membered cyclic amide) rings is 2. The van der Waals surface area contributed by atoms with Gasteiger partial charge in [0.05, 0.1) is 11.7 Å². The quantitative estimate of drug-likeness (QED) is 0.0116. The Morgan fingerprint density at radius 3 is 1.74 bits per heavy atom. The van der Waals surface area contributed by atoms with Crippen molar-refractivity contribution in [2.45, 2.75) is 33.1 Å². The van der Waals surface area contributed by atoms with Gasteiger partial charge < -0.3 is 46.6 Å². The number of nitrogens with zero attached hydrogens (tertiary/aromatic N) is 11. The fraction of sp³-hybridized carbons (Fsp3) is 0.333. The summed E-state index contributed by atoms with van der Waals surface area (Å²) in [6.07, 6.45) is 0. The second-order valence-corrected chi connectivity index (χ2v) is 20.4. The number of amides is 3. The van der Waals surface area contributed by atoms with E-state index >= 15 is 0 Å². The monoisotopic (exact) mass is 1150 g/mol. The van der Waals surface area contributed by atoms with Gasteiger partial charge in [0.1, 0.15) is 53.8 Å². The fourth-order valence-corrected chi connectivity index (χ4v) is 12.7. The molecule has 380 valence electrons. The van der Waals surface area contributed by atoms with Crippen LogP contribution in [0.25, 0.3) is 0 Å². The summed E-state index contributed by atoms with van der Waals surface area (Å²) in [6, 6.07) is -2.14. The van der Waals surface area contributed by atoms with E-state index in [0.29, 0.717) is 11.1 Å². The van der Waals surface area contributed by atoms with Crippen LogP contribution in [0, 0.1) is 0 Å². The average Bonchev–Trinajstić information content (AvgIpc) is 3.98. The molecule has 8 rings (SSSR count). The Balaban J connectivity index is 0.000000235. The maximum atomic E-state index is 12.9. The molecule has 0 unspecified atom stereocenters. The smallest absolute Gasteiger partial charge is 0.857 e.